The number of thiophene rings is 1. The molecule has 14 heavy (non-hydrogen) atoms. The molecule has 2 aromatic rings. The molecule has 1 aromatic carbocycles. The first-order valence-corrected chi connectivity index (χ1v) is 4.80. The molecule has 0 amide bonds. The van der Waals surface area contributed by atoms with Crippen LogP contribution in [0.25, 0.3) is 10.1 Å². The van der Waals surface area contributed by atoms with Crippen molar-refractivity contribution in [1.82, 2.24) is 0 Å². The predicted molar refractivity (Wildman–Crippen MR) is 56.3 cm³/mol. The summed E-state index contributed by atoms with van der Waals surface area (Å²) in [6.07, 6.45) is 0.723. The first kappa shape index (κ1) is 8.73. The molecule has 0 radical (unpaired) electrons. The molecular weight excluding hydrogens is 196 g/mol. The molecule has 4 heteroatoms. The van der Waals surface area contributed by atoms with Crippen molar-refractivity contribution in [3.05, 3.63) is 28.6 Å². The second kappa shape index (κ2) is 3.13. The molecule has 0 aliphatic heterocycles. The summed E-state index contributed by atoms with van der Waals surface area (Å²) in [5.41, 5.74) is 7.14. The van der Waals surface area contributed by atoms with Crippen LogP contribution in [0.15, 0.2) is 17.5 Å². The quantitative estimate of drug-likeness (QED) is 0.569. The van der Waals surface area contributed by atoms with E-state index in [0.29, 0.717) is 16.8 Å². The first-order valence-electron chi connectivity index (χ1n) is 3.92. The largest absolute Gasteiger partial charge is 0.398 e. The molecule has 1 aromatic heterocycles. The third kappa shape index (κ3) is 1.15. The molecular formula is C10H6N2OS. The summed E-state index contributed by atoms with van der Waals surface area (Å²) in [6.45, 7) is 0. The zero-order valence-electron chi connectivity index (χ0n) is 7.15. The van der Waals surface area contributed by atoms with Gasteiger partial charge < -0.3 is 5.73 Å². The molecule has 0 unspecified atom stereocenters. The maximum atomic E-state index is 10.6. The Balaban J connectivity index is 2.83. The van der Waals surface area contributed by atoms with Crippen molar-refractivity contribution in [1.29, 1.82) is 5.26 Å². The van der Waals surface area contributed by atoms with Crippen LogP contribution in [0.2, 0.25) is 0 Å². The van der Waals surface area contributed by atoms with Crippen LogP contribution in [0.3, 0.4) is 0 Å². The fourth-order valence-corrected chi connectivity index (χ4v) is 2.21. The van der Waals surface area contributed by atoms with Gasteiger partial charge in [-0.2, -0.15) is 5.26 Å². The van der Waals surface area contributed by atoms with Gasteiger partial charge in [0.25, 0.3) is 0 Å². The number of hydrogen-bond acceptors (Lipinski definition) is 4. The van der Waals surface area contributed by atoms with E-state index in [0.717, 1.165) is 16.4 Å². The van der Waals surface area contributed by atoms with Crippen molar-refractivity contribution in [2.75, 3.05) is 5.73 Å². The standard InChI is InChI=1S/C10H6N2OS/c11-3-7-5-14-10-1-6(4-13)9(12)2-8(7)10/h1-2,4-5H,12H2. The third-order valence-corrected chi connectivity index (χ3v) is 2.97. The smallest absolute Gasteiger partial charge is 0.152 e. The summed E-state index contributed by atoms with van der Waals surface area (Å²) >= 11 is 1.44. The van der Waals surface area contributed by atoms with Gasteiger partial charge in [-0.3, -0.25) is 4.79 Å². The fourth-order valence-electron chi connectivity index (χ4n) is 1.29. The summed E-state index contributed by atoms with van der Waals surface area (Å²) in [5.74, 6) is 0. The van der Waals surface area contributed by atoms with E-state index < -0.39 is 0 Å². The van der Waals surface area contributed by atoms with E-state index in [2.05, 4.69) is 6.07 Å². The summed E-state index contributed by atoms with van der Waals surface area (Å²) in [6, 6.07) is 5.47. The number of benzene rings is 1. The van der Waals surface area contributed by atoms with E-state index in [1.165, 1.54) is 11.3 Å². The van der Waals surface area contributed by atoms with Gasteiger partial charge in [0, 0.05) is 26.7 Å². The summed E-state index contributed by atoms with van der Waals surface area (Å²) < 4.78 is 0.915. The Bertz CT molecular complexity index is 551. The minimum atomic E-state index is 0.419. The fraction of sp³-hybridized carbons (Fsp3) is 0. The maximum absolute atomic E-state index is 10.6. The molecule has 0 aliphatic carbocycles. The van der Waals surface area contributed by atoms with E-state index in [4.69, 9.17) is 11.0 Å². The zero-order chi connectivity index (χ0) is 10.1. The van der Waals surface area contributed by atoms with E-state index in [1.807, 2.05) is 0 Å². The minimum Gasteiger partial charge on any atom is -0.398 e. The van der Waals surface area contributed by atoms with Crippen LogP contribution in [0, 0.1) is 11.3 Å². The molecule has 0 aliphatic rings. The molecule has 0 saturated carbocycles. The van der Waals surface area contributed by atoms with Crippen molar-refractivity contribution in [3.8, 4) is 6.07 Å². The van der Waals surface area contributed by atoms with Gasteiger partial charge in [0.15, 0.2) is 6.29 Å². The van der Waals surface area contributed by atoms with Crippen molar-refractivity contribution in [2.24, 2.45) is 0 Å². The second-order valence-electron chi connectivity index (χ2n) is 2.86. The molecule has 0 spiro atoms. The third-order valence-electron chi connectivity index (χ3n) is 2.03. The lowest BCUT2D eigenvalue weighted by Gasteiger charge is -1.98. The number of rotatable bonds is 1. The molecule has 2 rings (SSSR count). The Morgan fingerprint density at radius 3 is 2.93 bits per heavy atom. The first-order chi connectivity index (χ1) is 6.76. The lowest BCUT2D eigenvalue weighted by Crippen LogP contribution is -1.91. The van der Waals surface area contributed by atoms with E-state index in [9.17, 15) is 4.79 Å². The topological polar surface area (TPSA) is 66.9 Å². The monoisotopic (exact) mass is 202 g/mol. The van der Waals surface area contributed by atoms with Crippen molar-refractivity contribution < 1.29 is 4.79 Å². The Kier molecular flexibility index (Phi) is 1.95. The molecule has 2 N–H and O–H groups in total. The second-order valence-corrected chi connectivity index (χ2v) is 3.77. The highest BCUT2D eigenvalue weighted by atomic mass is 32.1. The number of aldehydes is 1. The average molecular weight is 202 g/mol. The lowest BCUT2D eigenvalue weighted by molar-refractivity contribution is 0.112. The highest BCUT2D eigenvalue weighted by molar-refractivity contribution is 7.17. The Morgan fingerprint density at radius 1 is 1.50 bits per heavy atom. The van der Waals surface area contributed by atoms with Gasteiger partial charge in [-0.1, -0.05) is 0 Å². The Hall–Kier alpha value is -1.86. The number of fused-ring (bicyclic) bond motifs is 1. The van der Waals surface area contributed by atoms with E-state index in [1.54, 1.807) is 17.5 Å². The van der Waals surface area contributed by atoms with Gasteiger partial charge in [0.05, 0.1) is 5.56 Å². The number of nitrogen functional groups attached to an aromatic ring is 1. The van der Waals surface area contributed by atoms with E-state index >= 15 is 0 Å². The number of carbonyl (C=O) groups is 1. The van der Waals surface area contributed by atoms with Crippen LogP contribution in [-0.4, -0.2) is 6.29 Å². The molecule has 68 valence electrons. The molecule has 0 fully saturated rings. The van der Waals surface area contributed by atoms with Crippen LogP contribution in [0.5, 0.6) is 0 Å². The Morgan fingerprint density at radius 2 is 2.29 bits per heavy atom. The van der Waals surface area contributed by atoms with Gasteiger partial charge in [0.1, 0.15) is 6.07 Å². The van der Waals surface area contributed by atoms with Crippen molar-refractivity contribution in [3.63, 3.8) is 0 Å². The summed E-state index contributed by atoms with van der Waals surface area (Å²) in [4.78, 5) is 10.6. The zero-order valence-corrected chi connectivity index (χ0v) is 7.97. The molecule has 3 nitrogen and oxygen atoms in total. The molecule has 1 heterocycles. The maximum Gasteiger partial charge on any atom is 0.152 e. The van der Waals surface area contributed by atoms with Gasteiger partial charge in [-0.05, 0) is 12.1 Å². The van der Waals surface area contributed by atoms with Gasteiger partial charge >= 0.3 is 0 Å². The van der Waals surface area contributed by atoms with Gasteiger partial charge in [-0.15, -0.1) is 11.3 Å². The predicted octanol–water partition coefficient (Wildman–Crippen LogP) is 2.17. The van der Waals surface area contributed by atoms with Gasteiger partial charge in [0.2, 0.25) is 0 Å². The van der Waals surface area contributed by atoms with Crippen LogP contribution >= 0.6 is 11.3 Å². The minimum absolute atomic E-state index is 0.419. The number of anilines is 1. The van der Waals surface area contributed by atoms with Crippen LogP contribution < -0.4 is 5.73 Å². The van der Waals surface area contributed by atoms with Crippen LogP contribution in [0.1, 0.15) is 15.9 Å². The number of nitriles is 1. The Labute approximate surface area is 84.4 Å². The van der Waals surface area contributed by atoms with E-state index in [-0.39, 0.29) is 0 Å². The van der Waals surface area contributed by atoms with Crippen molar-refractivity contribution in [2.45, 2.75) is 0 Å². The highest BCUT2D eigenvalue weighted by Crippen LogP contribution is 2.29. The van der Waals surface area contributed by atoms with Crippen LogP contribution in [0.4, 0.5) is 5.69 Å². The highest BCUT2D eigenvalue weighted by Gasteiger charge is 2.06. The van der Waals surface area contributed by atoms with Gasteiger partial charge in [-0.25, -0.2) is 0 Å². The lowest BCUT2D eigenvalue weighted by atomic mass is 10.1. The normalized spacial score (nSPS) is 9.93. The summed E-state index contributed by atoms with van der Waals surface area (Å²) in [7, 11) is 0. The molecule has 0 saturated heterocycles. The van der Waals surface area contributed by atoms with Crippen molar-refractivity contribution >= 4 is 33.4 Å². The molecule has 0 atom stereocenters. The molecule has 0 bridgehead atoms. The number of nitrogens with two attached hydrogens (primary N) is 1. The summed E-state index contributed by atoms with van der Waals surface area (Å²) in [5, 5.41) is 11.4. The number of nitrogens with zero attached hydrogens (tertiary/aromatic N) is 1. The average Bonchev–Trinajstić information content (AvgIpc) is 2.58. The number of hydrogen-bond donors (Lipinski definition) is 1. The van der Waals surface area contributed by atoms with Crippen LogP contribution in [-0.2, 0) is 0 Å². The number of carbonyl (C=O) groups excluding carboxylic acids is 1. The SMILES string of the molecule is N#Cc1csc2cc(C=O)c(N)cc12.